The zero-order valence-corrected chi connectivity index (χ0v) is 17.7. The molecule has 2 aromatic heterocycles. The van der Waals surface area contributed by atoms with Crippen LogP contribution in [0.1, 0.15) is 28.0 Å². The van der Waals surface area contributed by atoms with E-state index in [0.29, 0.717) is 12.0 Å². The lowest BCUT2D eigenvalue weighted by Crippen LogP contribution is -2.12. The fourth-order valence-electron chi connectivity index (χ4n) is 3.64. The molecule has 0 saturated carbocycles. The summed E-state index contributed by atoms with van der Waals surface area (Å²) in [5.74, 6) is -1.32. The minimum Gasteiger partial charge on any atom is -0.481 e. The maximum atomic E-state index is 11.6. The standard InChI is InChI=1S/C24H21N3O3S/c1-15-12-18(24(25)30)6-9-20(15)27-19(8-11-23(28)29)7-10-21(27)16-2-4-17(5-3-16)22-13-26-14-31-22/h2-7,9-10,12-14H,8,11H2,1H3,(H2,25,30)(H,28,29). The Bertz CT molecular complexity index is 1240. The number of thiazole rings is 1. The average molecular weight is 432 g/mol. The molecule has 156 valence electrons. The molecule has 1 amide bonds. The van der Waals surface area contributed by atoms with Crippen LogP contribution in [0.3, 0.4) is 0 Å². The van der Waals surface area contributed by atoms with Crippen molar-refractivity contribution >= 4 is 23.2 Å². The van der Waals surface area contributed by atoms with Crippen molar-refractivity contribution in [2.45, 2.75) is 19.8 Å². The number of carbonyl (C=O) groups is 2. The van der Waals surface area contributed by atoms with Crippen LogP contribution in [-0.4, -0.2) is 26.5 Å². The number of rotatable bonds is 7. The first-order valence-corrected chi connectivity index (χ1v) is 10.6. The van der Waals surface area contributed by atoms with Gasteiger partial charge < -0.3 is 15.4 Å². The van der Waals surface area contributed by atoms with E-state index in [0.717, 1.165) is 38.6 Å². The Morgan fingerprint density at radius 3 is 2.42 bits per heavy atom. The Labute approximate surface area is 183 Å². The number of aryl methyl sites for hydroxylation is 2. The van der Waals surface area contributed by atoms with Crippen molar-refractivity contribution in [3.63, 3.8) is 0 Å². The van der Waals surface area contributed by atoms with Crippen molar-refractivity contribution < 1.29 is 14.7 Å². The van der Waals surface area contributed by atoms with E-state index in [1.54, 1.807) is 23.5 Å². The second-order valence-corrected chi connectivity index (χ2v) is 8.13. The molecule has 0 aliphatic rings. The molecule has 0 aliphatic heterocycles. The number of hydrogen-bond donors (Lipinski definition) is 2. The predicted octanol–water partition coefficient (Wildman–Crippen LogP) is 4.69. The summed E-state index contributed by atoms with van der Waals surface area (Å²) >= 11 is 1.59. The smallest absolute Gasteiger partial charge is 0.303 e. The topological polar surface area (TPSA) is 98.2 Å². The molecular formula is C24H21N3O3S. The van der Waals surface area contributed by atoms with Crippen LogP contribution >= 0.6 is 11.3 Å². The Morgan fingerprint density at radius 1 is 1.06 bits per heavy atom. The number of primary amides is 1. The molecule has 31 heavy (non-hydrogen) atoms. The SMILES string of the molecule is Cc1cc(C(N)=O)ccc1-n1c(CCC(=O)O)ccc1-c1ccc(-c2cncs2)cc1. The van der Waals surface area contributed by atoms with E-state index in [2.05, 4.69) is 33.8 Å². The Hall–Kier alpha value is -3.71. The lowest BCUT2D eigenvalue weighted by molar-refractivity contribution is -0.136. The number of carboxylic acids is 1. The van der Waals surface area contributed by atoms with Gasteiger partial charge in [-0.1, -0.05) is 24.3 Å². The summed E-state index contributed by atoms with van der Waals surface area (Å²) < 4.78 is 2.06. The molecule has 4 aromatic rings. The van der Waals surface area contributed by atoms with Gasteiger partial charge in [-0.15, -0.1) is 11.3 Å². The summed E-state index contributed by atoms with van der Waals surface area (Å²) in [5, 5.41) is 9.17. The normalized spacial score (nSPS) is 10.9. The van der Waals surface area contributed by atoms with Crippen LogP contribution in [0.5, 0.6) is 0 Å². The van der Waals surface area contributed by atoms with Crippen LogP contribution in [0.2, 0.25) is 0 Å². The van der Waals surface area contributed by atoms with Gasteiger partial charge in [0.2, 0.25) is 5.91 Å². The van der Waals surface area contributed by atoms with Crippen LogP contribution in [0.25, 0.3) is 27.4 Å². The largest absolute Gasteiger partial charge is 0.481 e. The molecule has 2 aromatic carbocycles. The third-order valence-electron chi connectivity index (χ3n) is 5.18. The highest BCUT2D eigenvalue weighted by atomic mass is 32.1. The molecule has 7 heteroatoms. The molecule has 6 nitrogen and oxygen atoms in total. The molecule has 2 heterocycles. The van der Waals surface area contributed by atoms with Gasteiger partial charge in [-0.3, -0.25) is 14.6 Å². The number of nitrogens with two attached hydrogens (primary N) is 1. The predicted molar refractivity (Wildman–Crippen MR) is 122 cm³/mol. The number of carboxylic acid groups (broad SMARTS) is 1. The molecule has 0 fully saturated rings. The number of amides is 1. The van der Waals surface area contributed by atoms with Gasteiger partial charge in [-0.2, -0.15) is 0 Å². The fraction of sp³-hybridized carbons (Fsp3) is 0.125. The molecular weight excluding hydrogens is 410 g/mol. The maximum Gasteiger partial charge on any atom is 0.303 e. The van der Waals surface area contributed by atoms with Gasteiger partial charge in [0, 0.05) is 23.1 Å². The number of hydrogen-bond acceptors (Lipinski definition) is 4. The summed E-state index contributed by atoms with van der Waals surface area (Å²) in [4.78, 5) is 28.0. The van der Waals surface area contributed by atoms with Crippen LogP contribution in [0.4, 0.5) is 0 Å². The van der Waals surface area contributed by atoms with Crippen molar-refractivity contribution in [2.24, 2.45) is 5.73 Å². The molecule has 0 saturated heterocycles. The van der Waals surface area contributed by atoms with E-state index in [1.165, 1.54) is 0 Å². The average Bonchev–Trinajstić information content (AvgIpc) is 3.42. The van der Waals surface area contributed by atoms with Gasteiger partial charge in [0.1, 0.15) is 0 Å². The van der Waals surface area contributed by atoms with Crippen molar-refractivity contribution in [1.29, 1.82) is 0 Å². The van der Waals surface area contributed by atoms with Crippen LogP contribution < -0.4 is 5.73 Å². The lowest BCUT2D eigenvalue weighted by atomic mass is 10.1. The summed E-state index contributed by atoms with van der Waals surface area (Å²) in [6.07, 6.45) is 2.27. The lowest BCUT2D eigenvalue weighted by Gasteiger charge is -2.17. The summed E-state index contributed by atoms with van der Waals surface area (Å²) in [5.41, 5.74) is 13.4. The van der Waals surface area contributed by atoms with Crippen LogP contribution in [0.15, 0.2) is 66.3 Å². The second kappa shape index (κ2) is 8.57. The monoisotopic (exact) mass is 431 g/mol. The van der Waals surface area contributed by atoms with Gasteiger partial charge in [0.25, 0.3) is 0 Å². The molecule has 0 radical (unpaired) electrons. The molecule has 3 N–H and O–H groups in total. The third kappa shape index (κ3) is 4.27. The van der Waals surface area contributed by atoms with Gasteiger partial charge in [0.05, 0.1) is 22.5 Å². The second-order valence-electron chi connectivity index (χ2n) is 7.25. The van der Waals surface area contributed by atoms with Crippen molar-refractivity contribution in [1.82, 2.24) is 9.55 Å². The van der Waals surface area contributed by atoms with Gasteiger partial charge in [-0.25, -0.2) is 0 Å². The number of aliphatic carboxylic acids is 1. The molecule has 0 spiro atoms. The van der Waals surface area contributed by atoms with Crippen molar-refractivity contribution in [2.75, 3.05) is 0 Å². The Morgan fingerprint density at radius 2 is 1.81 bits per heavy atom. The Balaban J connectivity index is 1.80. The van der Waals surface area contributed by atoms with E-state index in [4.69, 9.17) is 10.8 Å². The molecule has 0 bridgehead atoms. The van der Waals surface area contributed by atoms with E-state index < -0.39 is 11.9 Å². The van der Waals surface area contributed by atoms with E-state index in [9.17, 15) is 9.59 Å². The van der Waals surface area contributed by atoms with E-state index >= 15 is 0 Å². The van der Waals surface area contributed by atoms with Gasteiger partial charge >= 0.3 is 5.97 Å². The fourth-order valence-corrected chi connectivity index (χ4v) is 4.27. The van der Waals surface area contributed by atoms with Crippen molar-refractivity contribution in [3.05, 3.63) is 83.1 Å². The minimum absolute atomic E-state index is 0.0339. The number of aromatic nitrogens is 2. The highest BCUT2D eigenvalue weighted by molar-refractivity contribution is 7.13. The van der Waals surface area contributed by atoms with E-state index in [1.807, 2.05) is 36.8 Å². The quantitative estimate of drug-likeness (QED) is 0.443. The summed E-state index contributed by atoms with van der Waals surface area (Å²) in [6.45, 7) is 1.92. The highest BCUT2D eigenvalue weighted by Gasteiger charge is 2.16. The third-order valence-corrected chi connectivity index (χ3v) is 6.00. The number of benzene rings is 2. The van der Waals surface area contributed by atoms with Crippen LogP contribution in [-0.2, 0) is 11.2 Å². The first-order chi connectivity index (χ1) is 14.9. The number of nitrogens with zero attached hydrogens (tertiary/aromatic N) is 2. The molecule has 4 rings (SSSR count). The number of carbonyl (C=O) groups excluding carboxylic acids is 1. The van der Waals surface area contributed by atoms with Gasteiger partial charge in [-0.05, 0) is 60.4 Å². The molecule has 0 atom stereocenters. The maximum absolute atomic E-state index is 11.6. The first kappa shape index (κ1) is 20.6. The summed E-state index contributed by atoms with van der Waals surface area (Å²) in [6, 6.07) is 17.5. The summed E-state index contributed by atoms with van der Waals surface area (Å²) in [7, 11) is 0. The van der Waals surface area contributed by atoms with Crippen molar-refractivity contribution in [3.8, 4) is 27.4 Å². The first-order valence-electron chi connectivity index (χ1n) is 9.76. The van der Waals surface area contributed by atoms with Crippen LogP contribution in [0, 0.1) is 6.92 Å². The Kier molecular flexibility index (Phi) is 5.68. The zero-order chi connectivity index (χ0) is 22.0. The van der Waals surface area contributed by atoms with Gasteiger partial charge in [0.15, 0.2) is 0 Å². The van der Waals surface area contributed by atoms with E-state index in [-0.39, 0.29) is 6.42 Å². The minimum atomic E-state index is -0.844. The molecule has 0 unspecified atom stereocenters. The highest BCUT2D eigenvalue weighted by Crippen LogP contribution is 2.31. The zero-order valence-electron chi connectivity index (χ0n) is 16.9. The molecule has 0 aliphatic carbocycles.